The number of rotatable bonds is 3. The molecule has 1 amide bonds. The molecule has 0 radical (unpaired) electrons. The van der Waals surface area contributed by atoms with Crippen molar-refractivity contribution in [3.63, 3.8) is 0 Å². The van der Waals surface area contributed by atoms with Crippen LogP contribution in [0, 0.1) is 5.82 Å². The molecule has 0 aromatic heterocycles. The number of amides is 1. The third-order valence-corrected chi connectivity index (χ3v) is 2.61. The maximum Gasteiger partial charge on any atom is 0.405 e. The monoisotopic (exact) mass is 309 g/mol. The van der Waals surface area contributed by atoms with Gasteiger partial charge in [-0.15, -0.1) is 0 Å². The predicted molar refractivity (Wildman–Crippen MR) is 59.2 cm³/mol. The normalized spacial score (nSPS) is 12.1. The zero-order valence-electron chi connectivity index (χ0n) is 7.21. The molecule has 14 heavy (non-hydrogen) atoms. The highest BCUT2D eigenvalue weighted by Crippen LogP contribution is 2.15. The summed E-state index contributed by atoms with van der Waals surface area (Å²) in [6.45, 7) is 0. The average molecular weight is 309 g/mol. The molecule has 1 aromatic rings. The van der Waals surface area contributed by atoms with Crippen LogP contribution in [-0.2, 0) is 0 Å². The van der Waals surface area contributed by atoms with Crippen LogP contribution < -0.4 is 5.32 Å². The van der Waals surface area contributed by atoms with Crippen LogP contribution in [0.5, 0.6) is 0 Å². The Hall–Kier alpha value is -0.850. The Bertz CT molecular complexity index is 315. The largest absolute Gasteiger partial charge is 0.465 e. The summed E-state index contributed by atoms with van der Waals surface area (Å²) in [5.74, 6) is -0.323. The average Bonchev–Trinajstić information content (AvgIpc) is 2.15. The van der Waals surface area contributed by atoms with Crippen LogP contribution >= 0.6 is 22.6 Å². The Morgan fingerprint density at radius 2 is 2.07 bits per heavy atom. The molecule has 2 N–H and O–H groups in total. The minimum atomic E-state index is -1.07. The number of nitrogens with one attached hydrogen (secondary N) is 1. The summed E-state index contributed by atoms with van der Waals surface area (Å²) in [6, 6.07) is 5.51. The standard InChI is InChI=1S/C9H9FINO2/c10-7-3-1-6(2-4-7)8(5-11)12-9(13)14/h1-4,8,12H,5H2,(H,13,14). The Morgan fingerprint density at radius 3 is 2.50 bits per heavy atom. The van der Waals surface area contributed by atoms with Crippen LogP contribution in [0.25, 0.3) is 0 Å². The maximum atomic E-state index is 12.6. The third kappa shape index (κ3) is 3.13. The highest BCUT2D eigenvalue weighted by Gasteiger charge is 2.11. The minimum Gasteiger partial charge on any atom is -0.465 e. The lowest BCUT2D eigenvalue weighted by atomic mass is 10.1. The molecular formula is C9H9FINO2. The van der Waals surface area contributed by atoms with Crippen molar-refractivity contribution in [1.29, 1.82) is 0 Å². The topological polar surface area (TPSA) is 49.3 Å². The van der Waals surface area contributed by atoms with Crippen LogP contribution in [0.1, 0.15) is 11.6 Å². The van der Waals surface area contributed by atoms with E-state index in [2.05, 4.69) is 27.9 Å². The van der Waals surface area contributed by atoms with E-state index in [0.29, 0.717) is 4.43 Å². The SMILES string of the molecule is O=C(O)NC(CI)c1ccc(F)cc1. The number of carboxylic acid groups (broad SMARTS) is 1. The molecule has 76 valence electrons. The van der Waals surface area contributed by atoms with Gasteiger partial charge in [-0.3, -0.25) is 0 Å². The molecule has 0 aliphatic carbocycles. The van der Waals surface area contributed by atoms with Gasteiger partial charge >= 0.3 is 6.09 Å². The highest BCUT2D eigenvalue weighted by molar-refractivity contribution is 14.1. The molecule has 0 heterocycles. The van der Waals surface area contributed by atoms with Crippen molar-refractivity contribution in [3.05, 3.63) is 35.6 Å². The lowest BCUT2D eigenvalue weighted by Gasteiger charge is -2.13. The van der Waals surface area contributed by atoms with Gasteiger partial charge in [0, 0.05) is 4.43 Å². The molecule has 0 aliphatic rings. The van der Waals surface area contributed by atoms with Crippen LogP contribution in [-0.4, -0.2) is 15.6 Å². The van der Waals surface area contributed by atoms with Crippen molar-refractivity contribution >= 4 is 28.7 Å². The van der Waals surface area contributed by atoms with Crippen LogP contribution in [0.4, 0.5) is 9.18 Å². The summed E-state index contributed by atoms with van der Waals surface area (Å²) in [5, 5.41) is 10.9. The first-order chi connectivity index (χ1) is 6.63. The molecule has 3 nitrogen and oxygen atoms in total. The number of halogens is 2. The second-order valence-corrected chi connectivity index (χ2v) is 3.59. The van der Waals surface area contributed by atoms with Crippen molar-refractivity contribution in [2.24, 2.45) is 0 Å². The second kappa shape index (κ2) is 5.14. The lowest BCUT2D eigenvalue weighted by molar-refractivity contribution is 0.191. The molecule has 1 atom stereocenters. The highest BCUT2D eigenvalue weighted by atomic mass is 127. The fraction of sp³-hybridized carbons (Fsp3) is 0.222. The number of hydrogen-bond donors (Lipinski definition) is 2. The van der Waals surface area contributed by atoms with Gasteiger partial charge in [-0.25, -0.2) is 9.18 Å². The van der Waals surface area contributed by atoms with Crippen molar-refractivity contribution in [2.75, 3.05) is 4.43 Å². The maximum absolute atomic E-state index is 12.6. The Kier molecular flexibility index (Phi) is 4.12. The molecule has 1 rings (SSSR count). The molecule has 0 saturated heterocycles. The number of carbonyl (C=O) groups is 1. The van der Waals surface area contributed by atoms with Gasteiger partial charge in [0.25, 0.3) is 0 Å². The van der Waals surface area contributed by atoms with Crippen LogP contribution in [0.15, 0.2) is 24.3 Å². The number of benzene rings is 1. The second-order valence-electron chi connectivity index (χ2n) is 2.71. The molecule has 0 aliphatic heterocycles. The van der Waals surface area contributed by atoms with E-state index in [1.165, 1.54) is 12.1 Å². The summed E-state index contributed by atoms with van der Waals surface area (Å²) in [4.78, 5) is 10.4. The number of alkyl halides is 1. The Balaban J connectivity index is 2.78. The van der Waals surface area contributed by atoms with Gasteiger partial charge < -0.3 is 10.4 Å². The summed E-state index contributed by atoms with van der Waals surface area (Å²) >= 11 is 2.08. The van der Waals surface area contributed by atoms with Gasteiger partial charge in [-0.2, -0.15) is 0 Å². The molecule has 0 fully saturated rings. The lowest BCUT2D eigenvalue weighted by Crippen LogP contribution is -2.27. The molecule has 0 spiro atoms. The first kappa shape index (κ1) is 11.2. The smallest absolute Gasteiger partial charge is 0.405 e. The van der Waals surface area contributed by atoms with E-state index in [4.69, 9.17) is 5.11 Å². The first-order valence-corrected chi connectivity index (χ1v) is 5.47. The zero-order valence-corrected chi connectivity index (χ0v) is 9.36. The van der Waals surface area contributed by atoms with Gasteiger partial charge in [0.1, 0.15) is 5.82 Å². The zero-order chi connectivity index (χ0) is 10.6. The fourth-order valence-electron chi connectivity index (χ4n) is 1.06. The first-order valence-electron chi connectivity index (χ1n) is 3.94. The van der Waals surface area contributed by atoms with E-state index in [9.17, 15) is 9.18 Å². The summed E-state index contributed by atoms with van der Waals surface area (Å²) in [6.07, 6.45) is -1.07. The molecule has 0 saturated carbocycles. The molecule has 5 heteroatoms. The van der Waals surface area contributed by atoms with Crippen molar-refractivity contribution in [3.8, 4) is 0 Å². The quantitative estimate of drug-likeness (QED) is 0.666. The van der Waals surface area contributed by atoms with Crippen LogP contribution in [0.3, 0.4) is 0 Å². The minimum absolute atomic E-state index is 0.284. The Morgan fingerprint density at radius 1 is 1.50 bits per heavy atom. The van der Waals surface area contributed by atoms with Crippen LogP contribution in [0.2, 0.25) is 0 Å². The molecule has 0 bridgehead atoms. The van der Waals surface area contributed by atoms with E-state index in [1.807, 2.05) is 0 Å². The molecular weight excluding hydrogens is 300 g/mol. The molecule has 1 aromatic carbocycles. The van der Waals surface area contributed by atoms with Gasteiger partial charge in [-0.1, -0.05) is 34.7 Å². The predicted octanol–water partition coefficient (Wildman–Crippen LogP) is 2.57. The number of hydrogen-bond acceptors (Lipinski definition) is 1. The van der Waals surface area contributed by atoms with E-state index in [-0.39, 0.29) is 11.9 Å². The van der Waals surface area contributed by atoms with Crippen molar-refractivity contribution in [2.45, 2.75) is 6.04 Å². The van der Waals surface area contributed by atoms with Crippen molar-refractivity contribution in [1.82, 2.24) is 5.32 Å². The van der Waals surface area contributed by atoms with Crippen molar-refractivity contribution < 1.29 is 14.3 Å². The molecule has 1 unspecified atom stereocenters. The summed E-state index contributed by atoms with van der Waals surface area (Å²) < 4.78 is 13.2. The fourth-order valence-corrected chi connectivity index (χ4v) is 1.78. The van der Waals surface area contributed by atoms with Gasteiger partial charge in [0.15, 0.2) is 0 Å². The van der Waals surface area contributed by atoms with Gasteiger partial charge in [-0.05, 0) is 17.7 Å². The summed E-state index contributed by atoms with van der Waals surface area (Å²) in [7, 11) is 0. The van der Waals surface area contributed by atoms with E-state index < -0.39 is 6.09 Å². The van der Waals surface area contributed by atoms with E-state index in [0.717, 1.165) is 5.56 Å². The van der Waals surface area contributed by atoms with E-state index in [1.54, 1.807) is 12.1 Å². The Labute approximate surface area is 94.5 Å². The summed E-state index contributed by atoms with van der Waals surface area (Å²) in [5.41, 5.74) is 0.767. The van der Waals surface area contributed by atoms with Gasteiger partial charge in [0.2, 0.25) is 0 Å². The van der Waals surface area contributed by atoms with Gasteiger partial charge in [0.05, 0.1) is 6.04 Å². The van der Waals surface area contributed by atoms with E-state index >= 15 is 0 Å². The third-order valence-electron chi connectivity index (χ3n) is 1.72.